The van der Waals surface area contributed by atoms with E-state index >= 15 is 0 Å². The fourth-order valence-corrected chi connectivity index (χ4v) is 9.76. The van der Waals surface area contributed by atoms with Crippen LogP contribution in [0.4, 0.5) is 0 Å². The van der Waals surface area contributed by atoms with Crippen molar-refractivity contribution in [1.29, 1.82) is 0 Å². The Bertz CT molecular complexity index is 3570. The maximum Gasteiger partial charge on any atom is 0.160 e. The molecule has 3 nitrogen and oxygen atoms in total. The number of nitrogens with zero attached hydrogens (tertiary/aromatic N) is 2. The Labute approximate surface area is 315 Å². The van der Waals surface area contributed by atoms with E-state index in [-0.39, 0.29) is 0 Å². The number of aromatic nitrogens is 2. The van der Waals surface area contributed by atoms with Gasteiger partial charge in [-0.25, -0.2) is 0 Å². The SMILES string of the molecule is c1ccc(-c2cccc(-n3c4c(ccc5c6ccccc6oc54)c4ccc5c6ccccc6n(-c6ccc7c8c(cccc68)-c6ccccc6-7)c5c43)c2)cc1. The second kappa shape index (κ2) is 10.6. The van der Waals surface area contributed by atoms with E-state index in [0.29, 0.717) is 0 Å². The first-order valence-corrected chi connectivity index (χ1v) is 18.9. The van der Waals surface area contributed by atoms with Crippen molar-refractivity contribution in [2.45, 2.75) is 0 Å². The number of furan rings is 1. The summed E-state index contributed by atoms with van der Waals surface area (Å²) in [6.45, 7) is 0. The van der Waals surface area contributed by atoms with Crippen LogP contribution in [0.1, 0.15) is 0 Å². The molecule has 3 heterocycles. The third-order valence-electron chi connectivity index (χ3n) is 12.0. The molecule has 0 radical (unpaired) electrons. The van der Waals surface area contributed by atoms with Gasteiger partial charge in [0, 0.05) is 43.4 Å². The summed E-state index contributed by atoms with van der Waals surface area (Å²) in [5.74, 6) is 0. The minimum Gasteiger partial charge on any atom is -0.454 e. The Hall–Kier alpha value is -7.36. The normalized spacial score (nSPS) is 12.4. The molecule has 55 heavy (non-hydrogen) atoms. The Morgan fingerprint density at radius 3 is 1.80 bits per heavy atom. The summed E-state index contributed by atoms with van der Waals surface area (Å²) in [5.41, 5.74) is 16.2. The number of hydrogen-bond acceptors (Lipinski definition) is 1. The first-order chi connectivity index (χ1) is 27.3. The summed E-state index contributed by atoms with van der Waals surface area (Å²) in [6, 6.07) is 66.4. The van der Waals surface area contributed by atoms with E-state index in [9.17, 15) is 0 Å². The van der Waals surface area contributed by atoms with Crippen molar-refractivity contribution in [2.75, 3.05) is 0 Å². The van der Waals surface area contributed by atoms with Gasteiger partial charge in [0.05, 0.1) is 27.8 Å². The van der Waals surface area contributed by atoms with E-state index in [4.69, 9.17) is 4.42 Å². The van der Waals surface area contributed by atoms with Gasteiger partial charge in [0.2, 0.25) is 0 Å². The van der Waals surface area contributed by atoms with Crippen LogP contribution in [0.3, 0.4) is 0 Å². The van der Waals surface area contributed by atoms with Gasteiger partial charge in [0.1, 0.15) is 5.58 Å². The molecule has 0 saturated heterocycles. The summed E-state index contributed by atoms with van der Waals surface area (Å²) >= 11 is 0. The van der Waals surface area contributed by atoms with Crippen LogP contribution in [0.25, 0.3) is 121 Å². The van der Waals surface area contributed by atoms with Gasteiger partial charge in [-0.05, 0) is 75.2 Å². The van der Waals surface area contributed by atoms with E-state index in [0.717, 1.165) is 38.7 Å². The lowest BCUT2D eigenvalue weighted by Crippen LogP contribution is -2.00. The smallest absolute Gasteiger partial charge is 0.160 e. The second-order valence-electron chi connectivity index (χ2n) is 14.8. The van der Waals surface area contributed by atoms with E-state index in [1.807, 2.05) is 0 Å². The molecule has 254 valence electrons. The number of fused-ring (bicyclic) bond motifs is 14. The lowest BCUT2D eigenvalue weighted by Gasteiger charge is -2.16. The zero-order valence-corrected chi connectivity index (χ0v) is 29.6. The zero-order chi connectivity index (χ0) is 35.8. The van der Waals surface area contributed by atoms with Crippen LogP contribution in [0, 0.1) is 0 Å². The molecular formula is C52H30N2O. The van der Waals surface area contributed by atoms with Crippen molar-refractivity contribution in [2.24, 2.45) is 0 Å². The Balaban J connectivity index is 1.24. The number of benzene rings is 9. The van der Waals surface area contributed by atoms with Crippen molar-refractivity contribution >= 4 is 76.3 Å². The van der Waals surface area contributed by atoms with Gasteiger partial charge in [0.15, 0.2) is 5.58 Å². The first kappa shape index (κ1) is 29.1. The predicted octanol–water partition coefficient (Wildman–Crippen LogP) is 14.2. The number of hydrogen-bond donors (Lipinski definition) is 0. The summed E-state index contributed by atoms with van der Waals surface area (Å²) in [4.78, 5) is 0. The highest BCUT2D eigenvalue weighted by Crippen LogP contribution is 2.50. The molecule has 9 aromatic carbocycles. The fraction of sp³-hybridized carbons (Fsp3) is 0. The molecule has 0 unspecified atom stereocenters. The first-order valence-electron chi connectivity index (χ1n) is 18.9. The lowest BCUT2D eigenvalue weighted by molar-refractivity contribution is 0.671. The largest absolute Gasteiger partial charge is 0.454 e. The number of rotatable bonds is 3. The molecule has 0 atom stereocenters. The zero-order valence-electron chi connectivity index (χ0n) is 29.6. The van der Waals surface area contributed by atoms with Gasteiger partial charge in [-0.1, -0.05) is 146 Å². The molecule has 0 amide bonds. The van der Waals surface area contributed by atoms with Crippen LogP contribution in [-0.4, -0.2) is 9.13 Å². The van der Waals surface area contributed by atoms with E-state index in [2.05, 4.69) is 191 Å². The monoisotopic (exact) mass is 698 g/mol. The van der Waals surface area contributed by atoms with Crippen LogP contribution in [-0.2, 0) is 0 Å². The minimum absolute atomic E-state index is 0.896. The molecule has 3 aromatic heterocycles. The van der Waals surface area contributed by atoms with Crippen molar-refractivity contribution in [3.8, 4) is 44.8 Å². The fourth-order valence-electron chi connectivity index (χ4n) is 9.76. The van der Waals surface area contributed by atoms with E-state index in [1.54, 1.807) is 0 Å². The van der Waals surface area contributed by atoms with Gasteiger partial charge in [-0.15, -0.1) is 0 Å². The number of para-hydroxylation sites is 2. The lowest BCUT2D eigenvalue weighted by atomic mass is 10.0. The van der Waals surface area contributed by atoms with Crippen molar-refractivity contribution < 1.29 is 4.42 Å². The summed E-state index contributed by atoms with van der Waals surface area (Å²) in [7, 11) is 0. The Morgan fingerprint density at radius 1 is 0.345 bits per heavy atom. The van der Waals surface area contributed by atoms with Crippen LogP contribution < -0.4 is 0 Å². The standard InChI is InChI=1S/C52H30N2O/c1-2-12-31(13-3-1)32-14-10-15-33(30-32)53-49-41(42-26-27-43-37-19-7-9-23-47(37)55-52(43)51(42)53)25-24-40-36-18-6-8-22-45(36)54(50(40)49)46-29-28-39-35-17-5-4-16-34(35)38-20-11-21-44(46)48(38)39/h1-30H. The maximum atomic E-state index is 6.85. The predicted molar refractivity (Wildman–Crippen MR) is 230 cm³/mol. The highest BCUT2D eigenvalue weighted by atomic mass is 16.3. The highest BCUT2D eigenvalue weighted by molar-refractivity contribution is 6.28. The van der Waals surface area contributed by atoms with Crippen LogP contribution in [0.5, 0.6) is 0 Å². The molecule has 0 fully saturated rings. The molecule has 0 N–H and O–H groups in total. The van der Waals surface area contributed by atoms with Gasteiger partial charge >= 0.3 is 0 Å². The molecule has 0 aliphatic heterocycles. The summed E-state index contributed by atoms with van der Waals surface area (Å²) in [5, 5.41) is 9.63. The topological polar surface area (TPSA) is 23.0 Å². The molecule has 0 spiro atoms. The van der Waals surface area contributed by atoms with Crippen molar-refractivity contribution in [1.82, 2.24) is 9.13 Å². The molecule has 0 bridgehead atoms. The average Bonchev–Trinajstić information content (AvgIpc) is 3.99. The molecule has 3 heteroatoms. The average molecular weight is 699 g/mol. The summed E-state index contributed by atoms with van der Waals surface area (Å²) in [6.07, 6.45) is 0. The van der Waals surface area contributed by atoms with Gasteiger partial charge < -0.3 is 13.6 Å². The minimum atomic E-state index is 0.896. The highest BCUT2D eigenvalue weighted by Gasteiger charge is 2.27. The molecule has 0 saturated carbocycles. The molecule has 12 aromatic rings. The Kier molecular flexibility index (Phi) is 5.63. The molecular weight excluding hydrogens is 669 g/mol. The van der Waals surface area contributed by atoms with Crippen molar-refractivity contribution in [3.63, 3.8) is 0 Å². The van der Waals surface area contributed by atoms with Crippen LogP contribution >= 0.6 is 0 Å². The van der Waals surface area contributed by atoms with Gasteiger partial charge in [-0.3, -0.25) is 0 Å². The van der Waals surface area contributed by atoms with Gasteiger partial charge in [-0.2, -0.15) is 0 Å². The van der Waals surface area contributed by atoms with E-state index in [1.165, 1.54) is 82.4 Å². The van der Waals surface area contributed by atoms with Gasteiger partial charge in [0.25, 0.3) is 0 Å². The molecule has 13 rings (SSSR count). The van der Waals surface area contributed by atoms with Crippen LogP contribution in [0.2, 0.25) is 0 Å². The molecule has 1 aliphatic carbocycles. The Morgan fingerprint density at radius 2 is 0.945 bits per heavy atom. The van der Waals surface area contributed by atoms with Crippen molar-refractivity contribution in [3.05, 3.63) is 182 Å². The third kappa shape index (κ3) is 3.79. The maximum absolute atomic E-state index is 6.85. The van der Waals surface area contributed by atoms with E-state index < -0.39 is 0 Å². The molecule has 1 aliphatic rings. The second-order valence-corrected chi connectivity index (χ2v) is 14.8. The third-order valence-corrected chi connectivity index (χ3v) is 12.0. The summed E-state index contributed by atoms with van der Waals surface area (Å²) < 4.78 is 11.9. The quantitative estimate of drug-likeness (QED) is 0.180. The van der Waals surface area contributed by atoms with Crippen LogP contribution in [0.15, 0.2) is 186 Å².